The Morgan fingerprint density at radius 3 is 2.20 bits per heavy atom. The maximum absolute atomic E-state index is 6.12. The summed E-state index contributed by atoms with van der Waals surface area (Å²) in [5.41, 5.74) is 9.13. The fourth-order valence-corrected chi connectivity index (χ4v) is 1.64. The van der Waals surface area contributed by atoms with Gasteiger partial charge in [0, 0.05) is 7.05 Å². The molecule has 0 saturated carbocycles. The maximum Gasteiger partial charge on any atom is 0.126 e. The van der Waals surface area contributed by atoms with Crippen molar-refractivity contribution >= 4 is 11.5 Å². The Labute approximate surface area is 92.1 Å². The van der Waals surface area contributed by atoms with E-state index in [1.165, 1.54) is 5.56 Å². The quantitative estimate of drug-likeness (QED) is 0.801. The van der Waals surface area contributed by atoms with Gasteiger partial charge >= 0.3 is 0 Å². The molecule has 0 bridgehead atoms. The minimum absolute atomic E-state index is 0.357. The van der Waals surface area contributed by atoms with Gasteiger partial charge in [-0.05, 0) is 23.5 Å². The molecule has 0 atom stereocenters. The van der Waals surface area contributed by atoms with Crippen LogP contribution in [0.1, 0.15) is 50.8 Å². The van der Waals surface area contributed by atoms with Crippen molar-refractivity contribution in [3.63, 3.8) is 0 Å². The SMILES string of the molecule is CNc1cc(C(C)C)c(N)c(C(C)C)n1. The summed E-state index contributed by atoms with van der Waals surface area (Å²) in [5.74, 6) is 1.69. The summed E-state index contributed by atoms with van der Waals surface area (Å²) in [7, 11) is 1.88. The minimum atomic E-state index is 0.357. The summed E-state index contributed by atoms with van der Waals surface area (Å²) in [6.45, 7) is 8.52. The van der Waals surface area contributed by atoms with Gasteiger partial charge in [0.1, 0.15) is 5.82 Å². The van der Waals surface area contributed by atoms with Crippen LogP contribution in [-0.4, -0.2) is 12.0 Å². The lowest BCUT2D eigenvalue weighted by atomic mass is 9.97. The number of hydrogen-bond acceptors (Lipinski definition) is 3. The van der Waals surface area contributed by atoms with Gasteiger partial charge in [-0.1, -0.05) is 27.7 Å². The van der Waals surface area contributed by atoms with Gasteiger partial charge in [-0.3, -0.25) is 0 Å². The third kappa shape index (κ3) is 2.41. The average Bonchev–Trinajstić information content (AvgIpc) is 2.17. The number of anilines is 2. The van der Waals surface area contributed by atoms with Crippen molar-refractivity contribution in [3.05, 3.63) is 17.3 Å². The normalized spacial score (nSPS) is 11.1. The second-order valence-corrected chi connectivity index (χ2v) is 4.46. The zero-order valence-electron chi connectivity index (χ0n) is 10.3. The van der Waals surface area contributed by atoms with Crippen LogP contribution in [0.15, 0.2) is 6.07 Å². The topological polar surface area (TPSA) is 50.9 Å². The first-order valence-electron chi connectivity index (χ1n) is 5.45. The fourth-order valence-electron chi connectivity index (χ4n) is 1.64. The van der Waals surface area contributed by atoms with Gasteiger partial charge in [0.25, 0.3) is 0 Å². The summed E-state index contributed by atoms with van der Waals surface area (Å²) in [6.07, 6.45) is 0. The molecule has 0 aliphatic rings. The number of rotatable bonds is 3. The third-order valence-electron chi connectivity index (χ3n) is 2.55. The minimum Gasteiger partial charge on any atom is -0.397 e. The van der Waals surface area contributed by atoms with Gasteiger partial charge in [0.15, 0.2) is 0 Å². The molecule has 15 heavy (non-hydrogen) atoms. The van der Waals surface area contributed by atoms with Crippen LogP contribution in [0.3, 0.4) is 0 Å². The second kappa shape index (κ2) is 4.51. The van der Waals surface area contributed by atoms with E-state index in [1.54, 1.807) is 0 Å². The molecule has 0 aromatic carbocycles. The van der Waals surface area contributed by atoms with Crippen LogP contribution in [0, 0.1) is 0 Å². The van der Waals surface area contributed by atoms with Crippen molar-refractivity contribution in [1.29, 1.82) is 0 Å². The van der Waals surface area contributed by atoms with Gasteiger partial charge in [-0.15, -0.1) is 0 Å². The molecule has 0 spiro atoms. The molecule has 0 saturated heterocycles. The van der Waals surface area contributed by atoms with Gasteiger partial charge in [0.2, 0.25) is 0 Å². The van der Waals surface area contributed by atoms with Crippen molar-refractivity contribution in [1.82, 2.24) is 4.98 Å². The molecule has 84 valence electrons. The third-order valence-corrected chi connectivity index (χ3v) is 2.55. The molecule has 0 radical (unpaired) electrons. The van der Waals surface area contributed by atoms with Crippen molar-refractivity contribution < 1.29 is 0 Å². The summed E-state index contributed by atoms with van der Waals surface area (Å²) in [4.78, 5) is 4.50. The van der Waals surface area contributed by atoms with Crippen LogP contribution in [0.2, 0.25) is 0 Å². The van der Waals surface area contributed by atoms with E-state index in [0.29, 0.717) is 11.8 Å². The predicted octanol–water partition coefficient (Wildman–Crippen LogP) is 2.95. The Bertz CT molecular complexity index is 314. The van der Waals surface area contributed by atoms with E-state index in [2.05, 4.69) is 38.0 Å². The highest BCUT2D eigenvalue weighted by atomic mass is 15.0. The molecule has 3 heteroatoms. The lowest BCUT2D eigenvalue weighted by Crippen LogP contribution is -2.08. The van der Waals surface area contributed by atoms with Crippen molar-refractivity contribution in [3.8, 4) is 0 Å². The smallest absolute Gasteiger partial charge is 0.126 e. The Morgan fingerprint density at radius 2 is 1.80 bits per heavy atom. The summed E-state index contributed by atoms with van der Waals surface area (Å²) in [5, 5.41) is 3.08. The molecule has 1 heterocycles. The molecule has 1 rings (SSSR count). The molecule has 1 aromatic heterocycles. The zero-order chi connectivity index (χ0) is 11.6. The van der Waals surface area contributed by atoms with E-state index in [4.69, 9.17) is 5.73 Å². The lowest BCUT2D eigenvalue weighted by molar-refractivity contribution is 0.807. The van der Waals surface area contributed by atoms with E-state index >= 15 is 0 Å². The fraction of sp³-hybridized carbons (Fsp3) is 0.583. The average molecular weight is 207 g/mol. The number of pyridine rings is 1. The molecule has 3 N–H and O–H groups in total. The monoisotopic (exact) mass is 207 g/mol. The summed E-state index contributed by atoms with van der Waals surface area (Å²) < 4.78 is 0. The van der Waals surface area contributed by atoms with Crippen molar-refractivity contribution in [2.45, 2.75) is 39.5 Å². The van der Waals surface area contributed by atoms with E-state index in [9.17, 15) is 0 Å². The highest BCUT2D eigenvalue weighted by Crippen LogP contribution is 2.30. The van der Waals surface area contributed by atoms with Crippen LogP contribution in [0.4, 0.5) is 11.5 Å². The first-order chi connectivity index (χ1) is 6.97. The van der Waals surface area contributed by atoms with Crippen LogP contribution >= 0.6 is 0 Å². The number of aromatic nitrogens is 1. The van der Waals surface area contributed by atoms with E-state index in [1.807, 2.05) is 13.1 Å². The number of hydrogen-bond donors (Lipinski definition) is 2. The van der Waals surface area contributed by atoms with Gasteiger partial charge in [0.05, 0.1) is 11.4 Å². The van der Waals surface area contributed by atoms with Crippen molar-refractivity contribution in [2.75, 3.05) is 18.1 Å². The Hall–Kier alpha value is -1.25. The first-order valence-corrected chi connectivity index (χ1v) is 5.45. The summed E-state index contributed by atoms with van der Waals surface area (Å²) >= 11 is 0. The molecule has 0 aliphatic heterocycles. The van der Waals surface area contributed by atoms with Gasteiger partial charge in [-0.2, -0.15) is 0 Å². The van der Waals surface area contributed by atoms with Crippen LogP contribution in [-0.2, 0) is 0 Å². The maximum atomic E-state index is 6.12. The molecular weight excluding hydrogens is 186 g/mol. The van der Waals surface area contributed by atoms with Gasteiger partial charge < -0.3 is 11.1 Å². The van der Waals surface area contributed by atoms with E-state index < -0.39 is 0 Å². The zero-order valence-corrected chi connectivity index (χ0v) is 10.3. The molecule has 0 unspecified atom stereocenters. The molecule has 0 amide bonds. The van der Waals surface area contributed by atoms with E-state index in [-0.39, 0.29) is 0 Å². The first kappa shape index (κ1) is 11.8. The van der Waals surface area contributed by atoms with Crippen molar-refractivity contribution in [2.24, 2.45) is 0 Å². The highest BCUT2D eigenvalue weighted by molar-refractivity contribution is 5.58. The molecule has 3 nitrogen and oxygen atoms in total. The van der Waals surface area contributed by atoms with E-state index in [0.717, 1.165) is 17.2 Å². The van der Waals surface area contributed by atoms with Gasteiger partial charge in [-0.25, -0.2) is 4.98 Å². The largest absolute Gasteiger partial charge is 0.397 e. The molecule has 1 aromatic rings. The lowest BCUT2D eigenvalue weighted by Gasteiger charge is -2.17. The predicted molar refractivity (Wildman–Crippen MR) is 66.4 cm³/mol. The summed E-state index contributed by atoms with van der Waals surface area (Å²) in [6, 6.07) is 2.03. The van der Waals surface area contributed by atoms with Crippen LogP contribution in [0.5, 0.6) is 0 Å². The molecule has 0 fully saturated rings. The number of nitrogen functional groups attached to an aromatic ring is 1. The Morgan fingerprint density at radius 1 is 1.20 bits per heavy atom. The highest BCUT2D eigenvalue weighted by Gasteiger charge is 2.14. The molecular formula is C12H21N3. The second-order valence-electron chi connectivity index (χ2n) is 4.46. The Kier molecular flexibility index (Phi) is 3.56. The number of nitrogens with two attached hydrogens (primary N) is 1. The standard InChI is InChI=1S/C12H21N3/c1-7(2)9-6-10(14-5)15-12(8(3)4)11(9)13/h6-8H,13H2,1-5H3,(H,14,15). The van der Waals surface area contributed by atoms with Crippen LogP contribution in [0.25, 0.3) is 0 Å². The van der Waals surface area contributed by atoms with Crippen LogP contribution < -0.4 is 11.1 Å². The number of nitrogens with zero attached hydrogens (tertiary/aromatic N) is 1. The molecule has 0 aliphatic carbocycles. The number of nitrogens with one attached hydrogen (secondary N) is 1. The Balaban J connectivity index is 3.33.